The van der Waals surface area contributed by atoms with Crippen LogP contribution in [0.25, 0.3) is 0 Å². The summed E-state index contributed by atoms with van der Waals surface area (Å²) < 4.78 is 0. The van der Waals surface area contributed by atoms with Crippen LogP contribution in [0, 0.1) is 0 Å². The van der Waals surface area contributed by atoms with E-state index in [0.717, 1.165) is 32.5 Å². The zero-order valence-corrected chi connectivity index (χ0v) is 10.5. The zero-order chi connectivity index (χ0) is 12.1. The Bertz CT molecular complexity index is 341. The topological polar surface area (TPSA) is 35.5 Å². The minimum Gasteiger partial charge on any atom is -0.387 e. The fourth-order valence-electron chi connectivity index (χ4n) is 2.52. The van der Waals surface area contributed by atoms with Gasteiger partial charge in [-0.15, -0.1) is 0 Å². The number of rotatable bonds is 4. The SMILES string of the molecule is CN1CCCC(O)(CNCc2ccccc2)C1. The van der Waals surface area contributed by atoms with Crippen molar-refractivity contribution in [3.8, 4) is 0 Å². The molecule has 1 unspecified atom stereocenters. The average molecular weight is 234 g/mol. The fraction of sp³-hybridized carbons (Fsp3) is 0.571. The van der Waals surface area contributed by atoms with E-state index < -0.39 is 5.60 Å². The number of nitrogens with zero attached hydrogens (tertiary/aromatic N) is 1. The summed E-state index contributed by atoms with van der Waals surface area (Å²) in [6, 6.07) is 10.3. The molecule has 1 aliphatic heterocycles. The highest BCUT2D eigenvalue weighted by atomic mass is 16.3. The minimum absolute atomic E-state index is 0.554. The van der Waals surface area contributed by atoms with Crippen molar-refractivity contribution in [1.29, 1.82) is 0 Å². The average Bonchev–Trinajstić information content (AvgIpc) is 2.30. The molecule has 3 heteroatoms. The standard InChI is InChI=1S/C14H22N2O/c1-16-9-5-8-14(17,12-16)11-15-10-13-6-3-2-4-7-13/h2-4,6-7,15,17H,5,8-12H2,1H3. The molecule has 94 valence electrons. The van der Waals surface area contributed by atoms with Crippen molar-refractivity contribution in [2.75, 3.05) is 26.7 Å². The number of likely N-dealkylation sites (tertiary alicyclic amines) is 1. The molecule has 1 atom stereocenters. The quantitative estimate of drug-likeness (QED) is 0.822. The molecule has 0 spiro atoms. The number of likely N-dealkylation sites (N-methyl/N-ethyl adjacent to an activating group) is 1. The summed E-state index contributed by atoms with van der Waals surface area (Å²) in [6.45, 7) is 3.37. The van der Waals surface area contributed by atoms with Gasteiger partial charge in [-0.2, -0.15) is 0 Å². The Morgan fingerprint density at radius 2 is 2.12 bits per heavy atom. The summed E-state index contributed by atoms with van der Waals surface area (Å²) in [7, 11) is 2.07. The molecule has 1 aromatic carbocycles. The predicted molar refractivity (Wildman–Crippen MR) is 69.8 cm³/mol. The van der Waals surface area contributed by atoms with E-state index in [4.69, 9.17) is 0 Å². The molecule has 17 heavy (non-hydrogen) atoms. The molecule has 1 aliphatic rings. The van der Waals surface area contributed by atoms with Gasteiger partial charge in [0, 0.05) is 19.6 Å². The molecule has 1 fully saturated rings. The minimum atomic E-state index is -0.554. The Labute approximate surface area is 103 Å². The summed E-state index contributed by atoms with van der Waals surface area (Å²) in [6.07, 6.45) is 1.99. The Morgan fingerprint density at radius 1 is 1.35 bits per heavy atom. The third kappa shape index (κ3) is 3.80. The van der Waals surface area contributed by atoms with Crippen LogP contribution in [0.2, 0.25) is 0 Å². The maximum absolute atomic E-state index is 10.4. The largest absolute Gasteiger partial charge is 0.387 e. The number of aliphatic hydroxyl groups is 1. The zero-order valence-electron chi connectivity index (χ0n) is 10.5. The van der Waals surface area contributed by atoms with Crippen LogP contribution in [-0.2, 0) is 6.54 Å². The first-order chi connectivity index (χ1) is 8.18. The molecule has 2 N–H and O–H groups in total. The van der Waals surface area contributed by atoms with E-state index in [0.29, 0.717) is 6.54 Å². The van der Waals surface area contributed by atoms with Gasteiger partial charge in [0.1, 0.15) is 0 Å². The van der Waals surface area contributed by atoms with E-state index in [-0.39, 0.29) is 0 Å². The third-order valence-electron chi connectivity index (χ3n) is 3.37. The van der Waals surface area contributed by atoms with Crippen LogP contribution in [-0.4, -0.2) is 42.3 Å². The van der Waals surface area contributed by atoms with Gasteiger partial charge in [0.25, 0.3) is 0 Å². The number of hydrogen-bond donors (Lipinski definition) is 2. The number of hydrogen-bond acceptors (Lipinski definition) is 3. The van der Waals surface area contributed by atoms with E-state index >= 15 is 0 Å². The summed E-state index contributed by atoms with van der Waals surface area (Å²) in [5, 5.41) is 13.8. The highest BCUT2D eigenvalue weighted by Crippen LogP contribution is 2.19. The first-order valence-electron chi connectivity index (χ1n) is 6.34. The van der Waals surface area contributed by atoms with Crippen molar-refractivity contribution in [3.63, 3.8) is 0 Å². The van der Waals surface area contributed by atoms with E-state index in [1.165, 1.54) is 5.56 Å². The predicted octanol–water partition coefficient (Wildman–Crippen LogP) is 1.23. The summed E-state index contributed by atoms with van der Waals surface area (Å²) >= 11 is 0. The maximum atomic E-state index is 10.4. The highest BCUT2D eigenvalue weighted by molar-refractivity contribution is 5.14. The second kappa shape index (κ2) is 5.63. The highest BCUT2D eigenvalue weighted by Gasteiger charge is 2.31. The van der Waals surface area contributed by atoms with Crippen LogP contribution in [0.1, 0.15) is 18.4 Å². The lowest BCUT2D eigenvalue weighted by Crippen LogP contribution is -2.52. The molecule has 0 aliphatic carbocycles. The van der Waals surface area contributed by atoms with Crippen LogP contribution < -0.4 is 5.32 Å². The van der Waals surface area contributed by atoms with Gasteiger partial charge in [0.15, 0.2) is 0 Å². The van der Waals surface area contributed by atoms with Gasteiger partial charge in [0.05, 0.1) is 5.60 Å². The van der Waals surface area contributed by atoms with Crippen molar-refractivity contribution in [3.05, 3.63) is 35.9 Å². The van der Waals surface area contributed by atoms with Gasteiger partial charge in [-0.1, -0.05) is 30.3 Å². The fourth-order valence-corrected chi connectivity index (χ4v) is 2.52. The van der Waals surface area contributed by atoms with Crippen molar-refractivity contribution in [1.82, 2.24) is 10.2 Å². The molecule has 0 saturated carbocycles. The normalized spacial score (nSPS) is 26.0. The van der Waals surface area contributed by atoms with Crippen molar-refractivity contribution in [2.24, 2.45) is 0 Å². The third-order valence-corrected chi connectivity index (χ3v) is 3.37. The molecular formula is C14H22N2O. The van der Waals surface area contributed by atoms with E-state index in [1.807, 2.05) is 18.2 Å². The molecule has 0 aromatic heterocycles. The lowest BCUT2D eigenvalue weighted by molar-refractivity contribution is -0.0218. The van der Waals surface area contributed by atoms with E-state index in [9.17, 15) is 5.11 Å². The van der Waals surface area contributed by atoms with Crippen LogP contribution in [0.5, 0.6) is 0 Å². The molecule has 3 nitrogen and oxygen atoms in total. The van der Waals surface area contributed by atoms with Crippen molar-refractivity contribution < 1.29 is 5.11 Å². The molecule has 2 rings (SSSR count). The van der Waals surface area contributed by atoms with Crippen LogP contribution in [0.3, 0.4) is 0 Å². The number of β-amino-alcohol motifs (C(OH)–C–C–N with tert-alkyl or cyclic N) is 1. The van der Waals surface area contributed by atoms with Crippen molar-refractivity contribution in [2.45, 2.75) is 25.0 Å². The van der Waals surface area contributed by atoms with Crippen LogP contribution in [0.4, 0.5) is 0 Å². The van der Waals surface area contributed by atoms with Gasteiger partial charge in [-0.05, 0) is 32.0 Å². The molecule has 1 heterocycles. The molecule has 0 radical (unpaired) electrons. The summed E-state index contributed by atoms with van der Waals surface area (Å²) in [4.78, 5) is 2.20. The molecular weight excluding hydrogens is 212 g/mol. The smallest absolute Gasteiger partial charge is 0.0898 e. The summed E-state index contributed by atoms with van der Waals surface area (Å²) in [5.74, 6) is 0. The van der Waals surface area contributed by atoms with Gasteiger partial charge in [-0.25, -0.2) is 0 Å². The van der Waals surface area contributed by atoms with Crippen molar-refractivity contribution >= 4 is 0 Å². The molecule has 0 bridgehead atoms. The second-order valence-corrected chi connectivity index (χ2v) is 5.15. The first kappa shape index (κ1) is 12.6. The maximum Gasteiger partial charge on any atom is 0.0898 e. The van der Waals surface area contributed by atoms with Crippen LogP contribution in [0.15, 0.2) is 30.3 Å². The Balaban J connectivity index is 1.78. The van der Waals surface area contributed by atoms with Gasteiger partial charge < -0.3 is 15.3 Å². The van der Waals surface area contributed by atoms with E-state index in [1.54, 1.807) is 0 Å². The number of piperidine rings is 1. The first-order valence-corrected chi connectivity index (χ1v) is 6.34. The monoisotopic (exact) mass is 234 g/mol. The Hall–Kier alpha value is -0.900. The number of nitrogens with one attached hydrogen (secondary N) is 1. The summed E-state index contributed by atoms with van der Waals surface area (Å²) in [5.41, 5.74) is 0.710. The lowest BCUT2D eigenvalue weighted by atomic mass is 9.93. The molecule has 1 aromatic rings. The van der Waals surface area contributed by atoms with Gasteiger partial charge in [0.2, 0.25) is 0 Å². The lowest BCUT2D eigenvalue weighted by Gasteiger charge is -2.37. The molecule has 0 amide bonds. The second-order valence-electron chi connectivity index (χ2n) is 5.15. The van der Waals surface area contributed by atoms with Gasteiger partial charge in [-0.3, -0.25) is 0 Å². The van der Waals surface area contributed by atoms with Gasteiger partial charge >= 0.3 is 0 Å². The van der Waals surface area contributed by atoms with Crippen LogP contribution >= 0.6 is 0 Å². The van der Waals surface area contributed by atoms with E-state index in [2.05, 4.69) is 29.4 Å². The Morgan fingerprint density at radius 3 is 2.82 bits per heavy atom. The Kier molecular flexibility index (Phi) is 4.15. The molecule has 1 saturated heterocycles. The number of benzene rings is 1.